The molecule has 1 aromatic rings. The van der Waals surface area contributed by atoms with E-state index >= 15 is 8.63 Å². The summed E-state index contributed by atoms with van der Waals surface area (Å²) in [6, 6.07) is 1.45. The Bertz CT molecular complexity index is 1370. The van der Waals surface area contributed by atoms with Crippen LogP contribution in [0.3, 0.4) is 0 Å². The molecule has 1 saturated heterocycles. The summed E-state index contributed by atoms with van der Waals surface area (Å²) in [6.45, 7) is 11.4. The lowest BCUT2D eigenvalue weighted by Crippen LogP contribution is -2.62. The van der Waals surface area contributed by atoms with E-state index < -0.39 is 18.0 Å². The highest BCUT2D eigenvalue weighted by atomic mass is 19.2. The monoisotopic (exact) mass is 599 g/mol. The van der Waals surface area contributed by atoms with E-state index in [1.807, 2.05) is 40.7 Å². The maximum absolute atomic E-state index is 15.7. The van der Waals surface area contributed by atoms with Gasteiger partial charge in [0.15, 0.2) is 5.70 Å². The van der Waals surface area contributed by atoms with Gasteiger partial charge in [-0.1, -0.05) is 26.0 Å². The maximum Gasteiger partial charge on any atom is 0.737 e. The van der Waals surface area contributed by atoms with Gasteiger partial charge in [0.1, 0.15) is 5.71 Å². The van der Waals surface area contributed by atoms with Crippen LogP contribution in [0.2, 0.25) is 0 Å². The minimum Gasteiger partial charge on any atom is -0.394 e. The van der Waals surface area contributed by atoms with Crippen LogP contribution in [0.1, 0.15) is 97.0 Å². The van der Waals surface area contributed by atoms with Crippen LogP contribution in [-0.4, -0.2) is 66.9 Å². The van der Waals surface area contributed by atoms with Gasteiger partial charge in [-0.25, -0.2) is 0 Å². The van der Waals surface area contributed by atoms with Gasteiger partial charge in [-0.3, -0.25) is 9.59 Å². The third-order valence-corrected chi connectivity index (χ3v) is 8.76. The molecular formula is C32H48BF2N5O3. The number of nitrogens with one attached hydrogen (secondary N) is 2. The first-order valence-corrected chi connectivity index (χ1v) is 15.4. The number of aryl methyl sites for hydroxylation is 2. The summed E-state index contributed by atoms with van der Waals surface area (Å²) in [7, 11) is 0. The van der Waals surface area contributed by atoms with Crippen molar-refractivity contribution >= 4 is 30.6 Å². The van der Waals surface area contributed by atoms with E-state index in [1.165, 1.54) is 5.06 Å². The van der Waals surface area contributed by atoms with Crippen molar-refractivity contribution in [3.8, 4) is 0 Å². The second-order valence-electron chi connectivity index (χ2n) is 14.1. The molecule has 0 unspecified atom stereocenters. The van der Waals surface area contributed by atoms with Crippen LogP contribution in [0.5, 0.6) is 0 Å². The Balaban J connectivity index is 1.34. The molecular weight excluding hydrogens is 551 g/mol. The topological polar surface area (TPSA) is 89.6 Å². The number of hydrogen-bond donors (Lipinski definition) is 3. The van der Waals surface area contributed by atoms with Crippen molar-refractivity contribution in [2.75, 3.05) is 0 Å². The molecule has 11 heteroatoms. The van der Waals surface area contributed by atoms with Gasteiger partial charge in [-0.15, -0.1) is 0 Å². The standard InChI is InChI=1S/C32H48BF2N5O3/c1-21(2)16-24(10-9-11-29(41)37-25-19-31(5,6)40(43)32(7,8)20-25)36-30(42)15-14-26-12-13-27-18-28-22(3)17-23(4)38(28)33(34,35)39(26)27/h9-10,12-13,17-18,21,24-25,43H,11,14-16,19-20H2,1-8H3,(H,36,42)(H,37,41)/b10-9+/t24-/m1/s1. The summed E-state index contributed by atoms with van der Waals surface area (Å²) in [4.78, 5) is 25.7. The minimum absolute atomic E-state index is 0.0522. The number of carbonyl (C=O) groups excluding carboxylic acids is 2. The molecule has 0 bridgehead atoms. The van der Waals surface area contributed by atoms with Crippen LogP contribution in [0.4, 0.5) is 8.63 Å². The van der Waals surface area contributed by atoms with Gasteiger partial charge in [0.2, 0.25) is 11.8 Å². The molecule has 0 spiro atoms. The average Bonchev–Trinajstić information content (AvgIpc) is 3.41. The van der Waals surface area contributed by atoms with Crippen LogP contribution in [-0.2, 0) is 9.59 Å². The van der Waals surface area contributed by atoms with Gasteiger partial charge >= 0.3 is 6.97 Å². The zero-order valence-electron chi connectivity index (χ0n) is 26.9. The predicted molar refractivity (Wildman–Crippen MR) is 167 cm³/mol. The second-order valence-corrected chi connectivity index (χ2v) is 14.1. The molecule has 236 valence electrons. The van der Waals surface area contributed by atoms with Crippen molar-refractivity contribution in [2.24, 2.45) is 5.92 Å². The first kappa shape index (κ1) is 32.9. The third-order valence-electron chi connectivity index (χ3n) is 8.76. The summed E-state index contributed by atoms with van der Waals surface area (Å²) in [5.41, 5.74) is 1.81. The number of amides is 2. The fourth-order valence-corrected chi connectivity index (χ4v) is 7.11. The average molecular weight is 600 g/mol. The Morgan fingerprint density at radius 2 is 1.79 bits per heavy atom. The van der Waals surface area contributed by atoms with Gasteiger partial charge in [0, 0.05) is 66.3 Å². The largest absolute Gasteiger partial charge is 0.737 e. The smallest absolute Gasteiger partial charge is 0.394 e. The number of hydroxylamine groups is 2. The Morgan fingerprint density at radius 3 is 2.42 bits per heavy atom. The fraction of sp³-hybridized carbons (Fsp3) is 0.594. The van der Waals surface area contributed by atoms with Crippen molar-refractivity contribution < 1.29 is 27.9 Å². The number of halogens is 2. The molecule has 0 saturated carbocycles. The summed E-state index contributed by atoms with van der Waals surface area (Å²) in [6.07, 6.45) is 11.2. The Morgan fingerprint density at radius 1 is 1.14 bits per heavy atom. The summed E-state index contributed by atoms with van der Waals surface area (Å²) in [5, 5.41) is 18.0. The molecule has 3 N–H and O–H groups in total. The highest BCUT2D eigenvalue weighted by molar-refractivity contribution is 6.58. The Labute approximate surface area is 254 Å². The molecule has 0 aliphatic carbocycles. The predicted octanol–water partition coefficient (Wildman–Crippen LogP) is 5.49. The Kier molecular flexibility index (Phi) is 9.29. The highest BCUT2D eigenvalue weighted by Crippen LogP contribution is 2.37. The van der Waals surface area contributed by atoms with Crippen LogP contribution in [0.25, 0.3) is 6.08 Å². The minimum atomic E-state index is -4.06. The molecule has 3 aliphatic heterocycles. The quantitative estimate of drug-likeness (QED) is 0.245. The molecule has 2 amide bonds. The number of piperidine rings is 1. The number of rotatable bonds is 10. The normalized spacial score (nSPS) is 21.6. The number of aromatic nitrogens is 1. The summed E-state index contributed by atoms with van der Waals surface area (Å²) >= 11 is 0. The van der Waals surface area contributed by atoms with Gasteiger partial charge < -0.3 is 33.4 Å². The molecule has 1 atom stereocenters. The van der Waals surface area contributed by atoms with E-state index in [2.05, 4.69) is 24.5 Å². The van der Waals surface area contributed by atoms with Crippen molar-refractivity contribution in [3.63, 3.8) is 0 Å². The first-order valence-electron chi connectivity index (χ1n) is 15.4. The molecule has 8 nitrogen and oxygen atoms in total. The molecule has 43 heavy (non-hydrogen) atoms. The van der Waals surface area contributed by atoms with Crippen molar-refractivity contribution in [1.82, 2.24) is 20.2 Å². The van der Waals surface area contributed by atoms with Crippen LogP contribution in [0.15, 0.2) is 36.1 Å². The van der Waals surface area contributed by atoms with Crippen molar-refractivity contribution in [2.45, 2.75) is 117 Å². The van der Waals surface area contributed by atoms with Gasteiger partial charge in [0.05, 0.1) is 0 Å². The lowest BCUT2D eigenvalue weighted by Gasteiger charge is -2.51. The number of nitrogens with zero attached hydrogens (tertiary/aromatic N) is 3. The summed E-state index contributed by atoms with van der Waals surface area (Å²) < 4.78 is 33.6. The van der Waals surface area contributed by atoms with Crippen LogP contribution >= 0.6 is 0 Å². The van der Waals surface area contributed by atoms with E-state index in [0.717, 1.165) is 14.5 Å². The summed E-state index contributed by atoms with van der Waals surface area (Å²) in [5.74, 6) is -0.0310. The first-order chi connectivity index (χ1) is 19.9. The molecule has 3 aliphatic rings. The molecule has 4 heterocycles. The maximum atomic E-state index is 15.7. The molecule has 1 aromatic heterocycles. The number of carbonyl (C=O) groups is 2. The molecule has 0 radical (unpaired) electrons. The molecule has 1 fully saturated rings. The number of hydrogen-bond acceptors (Lipinski definition) is 4. The lowest BCUT2D eigenvalue weighted by atomic mass is 9.79. The van der Waals surface area contributed by atoms with Gasteiger partial charge in [0.25, 0.3) is 0 Å². The van der Waals surface area contributed by atoms with E-state index in [0.29, 0.717) is 48.0 Å². The van der Waals surface area contributed by atoms with Gasteiger partial charge in [-0.05, 0) is 84.0 Å². The van der Waals surface area contributed by atoms with E-state index in [1.54, 1.807) is 37.3 Å². The number of fused-ring (bicyclic) bond motifs is 2. The third kappa shape index (κ3) is 7.04. The Hall–Kier alpha value is -3.05. The lowest BCUT2D eigenvalue weighted by molar-refractivity contribution is -0.362. The fourth-order valence-electron chi connectivity index (χ4n) is 7.11. The van der Waals surface area contributed by atoms with Gasteiger partial charge in [-0.2, -0.15) is 5.06 Å². The molecule has 4 rings (SSSR count). The number of allylic oxidation sites excluding steroid dienone is 2. The van der Waals surface area contributed by atoms with Crippen molar-refractivity contribution in [3.05, 3.63) is 53.0 Å². The van der Waals surface area contributed by atoms with Crippen LogP contribution in [0, 0.1) is 19.8 Å². The van der Waals surface area contributed by atoms with Crippen molar-refractivity contribution in [1.29, 1.82) is 0 Å². The highest BCUT2D eigenvalue weighted by Gasteiger charge is 2.52. The molecule has 0 aromatic carbocycles. The van der Waals surface area contributed by atoms with E-state index in [4.69, 9.17) is 0 Å². The zero-order valence-corrected chi connectivity index (χ0v) is 26.9. The zero-order chi connectivity index (χ0) is 31.9. The SMILES string of the molecule is Cc1cc(C)n2c1C=C1C=CC(CCC(=O)N[C@H](/C=C/CC(=O)NC3CC(C)(C)N(O)C(C)(C)C3)CC(C)C)=[N+]1[B-]2(F)F. The second kappa shape index (κ2) is 12.2. The van der Waals surface area contributed by atoms with E-state index in [-0.39, 0.29) is 43.2 Å². The van der Waals surface area contributed by atoms with Crippen LogP contribution < -0.4 is 10.6 Å². The van der Waals surface area contributed by atoms with E-state index in [9.17, 15) is 14.8 Å².